The molecule has 1 amide bonds. The van der Waals surface area contributed by atoms with Gasteiger partial charge in [0, 0.05) is 38.5 Å². The van der Waals surface area contributed by atoms with Crippen molar-refractivity contribution < 1.29 is 19.0 Å². The van der Waals surface area contributed by atoms with E-state index in [0.29, 0.717) is 44.6 Å². The maximum absolute atomic E-state index is 11.9. The lowest BCUT2D eigenvalue weighted by atomic mass is 10.0. The van der Waals surface area contributed by atoms with Gasteiger partial charge in [-0.3, -0.25) is 0 Å². The fraction of sp³-hybridized carbons (Fsp3) is 0.600. The molecule has 0 bridgehead atoms. The maximum Gasteiger partial charge on any atom is 0.409 e. The molecule has 1 heterocycles. The third kappa shape index (κ3) is 6.53. The van der Waals surface area contributed by atoms with Crippen LogP contribution in [-0.4, -0.2) is 73.6 Å². The van der Waals surface area contributed by atoms with Crippen molar-refractivity contribution in [1.82, 2.24) is 9.80 Å². The fourth-order valence-electron chi connectivity index (χ4n) is 3.21. The summed E-state index contributed by atoms with van der Waals surface area (Å²) in [6.45, 7) is 7.43. The molecule has 2 rings (SSSR count). The summed E-state index contributed by atoms with van der Waals surface area (Å²) in [4.78, 5) is 15.8. The monoisotopic (exact) mass is 409 g/mol. The van der Waals surface area contributed by atoms with Crippen LogP contribution in [0, 0.1) is 0 Å². The molecule has 8 heteroatoms. The molecule has 7 nitrogen and oxygen atoms in total. The molecule has 0 atom stereocenters. The van der Waals surface area contributed by atoms with Crippen molar-refractivity contribution in [1.29, 1.82) is 0 Å². The molecule has 1 aliphatic heterocycles. The van der Waals surface area contributed by atoms with Crippen molar-refractivity contribution in [2.24, 2.45) is 0 Å². The third-order valence-corrected chi connectivity index (χ3v) is 4.98. The van der Waals surface area contributed by atoms with Crippen LogP contribution < -0.4 is 10.1 Å². The molecule has 0 saturated carbocycles. The Morgan fingerprint density at radius 3 is 2.46 bits per heavy atom. The zero-order valence-electron chi connectivity index (χ0n) is 17.0. The van der Waals surface area contributed by atoms with Crippen LogP contribution in [0.15, 0.2) is 24.3 Å². The van der Waals surface area contributed by atoms with Crippen molar-refractivity contribution in [2.45, 2.75) is 32.7 Å². The number of ether oxygens (including phenoxy) is 3. The second kappa shape index (κ2) is 11.7. The average Bonchev–Trinajstić information content (AvgIpc) is 2.70. The van der Waals surface area contributed by atoms with Gasteiger partial charge >= 0.3 is 6.09 Å². The van der Waals surface area contributed by atoms with Crippen LogP contribution in [0.25, 0.3) is 0 Å². The van der Waals surface area contributed by atoms with Crippen LogP contribution in [0.4, 0.5) is 10.5 Å². The molecule has 28 heavy (non-hydrogen) atoms. The van der Waals surface area contributed by atoms with Gasteiger partial charge < -0.3 is 29.3 Å². The predicted octanol–water partition coefficient (Wildman–Crippen LogP) is 3.35. The van der Waals surface area contributed by atoms with Crippen LogP contribution >= 0.6 is 12.2 Å². The van der Waals surface area contributed by atoms with E-state index in [9.17, 15) is 4.79 Å². The maximum atomic E-state index is 11.9. The van der Waals surface area contributed by atoms with E-state index in [1.165, 1.54) is 0 Å². The van der Waals surface area contributed by atoms with Gasteiger partial charge in [0.15, 0.2) is 5.11 Å². The number of thiocarbonyl (C=S) groups is 1. The molecule has 156 valence electrons. The fourth-order valence-corrected chi connectivity index (χ4v) is 3.57. The number of rotatable bonds is 8. The number of hydrogen-bond acceptors (Lipinski definition) is 5. The molecule has 0 spiro atoms. The lowest BCUT2D eigenvalue weighted by Crippen LogP contribution is -2.50. The van der Waals surface area contributed by atoms with E-state index in [-0.39, 0.29) is 12.1 Å². The Morgan fingerprint density at radius 2 is 1.89 bits per heavy atom. The second-order valence-corrected chi connectivity index (χ2v) is 6.88. The van der Waals surface area contributed by atoms with Gasteiger partial charge in [-0.1, -0.05) is 0 Å². The molecule has 0 unspecified atom stereocenters. The van der Waals surface area contributed by atoms with Crippen LogP contribution in [-0.2, 0) is 9.47 Å². The Bertz CT molecular complexity index is 618. The number of piperidine rings is 1. The van der Waals surface area contributed by atoms with Crippen molar-refractivity contribution in [3.05, 3.63) is 24.3 Å². The number of nitrogens with one attached hydrogen (secondary N) is 1. The van der Waals surface area contributed by atoms with Crippen molar-refractivity contribution in [2.75, 3.05) is 51.9 Å². The lowest BCUT2D eigenvalue weighted by molar-refractivity contribution is 0.0829. The van der Waals surface area contributed by atoms with E-state index in [2.05, 4.69) is 10.2 Å². The van der Waals surface area contributed by atoms with Gasteiger partial charge in [-0.2, -0.15) is 0 Å². The summed E-state index contributed by atoms with van der Waals surface area (Å²) < 4.78 is 15.8. The number of amides is 1. The predicted molar refractivity (Wildman–Crippen MR) is 114 cm³/mol. The molecule has 1 saturated heterocycles. The van der Waals surface area contributed by atoms with E-state index in [1.54, 1.807) is 12.0 Å². The summed E-state index contributed by atoms with van der Waals surface area (Å²) in [7, 11) is 1.68. The van der Waals surface area contributed by atoms with Gasteiger partial charge in [0.2, 0.25) is 0 Å². The summed E-state index contributed by atoms with van der Waals surface area (Å²) in [6.07, 6.45) is 1.45. The molecule has 1 aromatic rings. The first-order valence-corrected chi connectivity index (χ1v) is 10.2. The molecule has 1 aliphatic rings. The van der Waals surface area contributed by atoms with Crippen LogP contribution in [0.2, 0.25) is 0 Å². The molecule has 1 fully saturated rings. The SMILES string of the molecule is CCOC(=O)N1CCC(N(CCOC)C(=S)Nc2ccc(OCC)cc2)CC1. The first-order chi connectivity index (χ1) is 13.6. The summed E-state index contributed by atoms with van der Waals surface area (Å²) in [5, 5.41) is 3.98. The Kier molecular flexibility index (Phi) is 9.30. The normalized spacial score (nSPS) is 14.5. The van der Waals surface area contributed by atoms with Gasteiger partial charge in [-0.05, 0) is 63.2 Å². The Morgan fingerprint density at radius 1 is 1.21 bits per heavy atom. The minimum Gasteiger partial charge on any atom is -0.494 e. The molecular weight excluding hydrogens is 378 g/mol. The number of hydrogen-bond donors (Lipinski definition) is 1. The minimum atomic E-state index is -0.237. The van der Waals surface area contributed by atoms with Crippen LogP contribution in [0.5, 0.6) is 5.75 Å². The van der Waals surface area contributed by atoms with Gasteiger partial charge in [0.1, 0.15) is 5.75 Å². The standard InChI is InChI=1S/C20H31N3O4S/c1-4-26-18-8-6-16(7-9-18)21-19(28)23(14-15-25-3)17-10-12-22(13-11-17)20(24)27-5-2/h6-9,17H,4-5,10-15H2,1-3H3,(H,21,28). The number of carbonyl (C=O) groups excluding carboxylic acids is 1. The molecule has 0 aliphatic carbocycles. The Labute approximate surface area is 172 Å². The zero-order valence-corrected chi connectivity index (χ0v) is 17.8. The number of nitrogens with zero attached hydrogens (tertiary/aromatic N) is 2. The van der Waals surface area contributed by atoms with Crippen LogP contribution in [0.1, 0.15) is 26.7 Å². The number of anilines is 1. The quantitative estimate of drug-likeness (QED) is 0.661. The lowest BCUT2D eigenvalue weighted by Gasteiger charge is -2.39. The first kappa shape index (κ1) is 22.2. The van der Waals surface area contributed by atoms with E-state index >= 15 is 0 Å². The van der Waals surface area contributed by atoms with E-state index in [4.69, 9.17) is 26.4 Å². The van der Waals surface area contributed by atoms with Crippen molar-refractivity contribution in [3.63, 3.8) is 0 Å². The summed E-state index contributed by atoms with van der Waals surface area (Å²) in [5.41, 5.74) is 0.917. The third-order valence-electron chi connectivity index (χ3n) is 4.65. The Balaban J connectivity index is 1.96. The summed E-state index contributed by atoms with van der Waals surface area (Å²) in [6, 6.07) is 8.01. The van der Waals surface area contributed by atoms with Gasteiger partial charge in [-0.25, -0.2) is 4.79 Å². The molecule has 1 N–H and O–H groups in total. The number of carbonyl (C=O) groups is 1. The van der Waals surface area contributed by atoms with E-state index in [0.717, 1.165) is 24.3 Å². The van der Waals surface area contributed by atoms with Gasteiger partial charge in [0.25, 0.3) is 0 Å². The van der Waals surface area contributed by atoms with E-state index < -0.39 is 0 Å². The van der Waals surface area contributed by atoms with E-state index in [1.807, 2.05) is 38.1 Å². The number of methoxy groups -OCH3 is 1. The molecular formula is C20H31N3O4S. The summed E-state index contributed by atoms with van der Waals surface area (Å²) >= 11 is 5.68. The average molecular weight is 410 g/mol. The molecule has 0 radical (unpaired) electrons. The highest BCUT2D eigenvalue weighted by Crippen LogP contribution is 2.20. The highest BCUT2D eigenvalue weighted by atomic mass is 32.1. The molecule has 0 aromatic heterocycles. The smallest absolute Gasteiger partial charge is 0.409 e. The highest BCUT2D eigenvalue weighted by molar-refractivity contribution is 7.80. The zero-order chi connectivity index (χ0) is 20.4. The number of benzene rings is 1. The minimum absolute atomic E-state index is 0.237. The largest absolute Gasteiger partial charge is 0.494 e. The first-order valence-electron chi connectivity index (χ1n) is 9.80. The van der Waals surface area contributed by atoms with Gasteiger partial charge in [0.05, 0.1) is 19.8 Å². The van der Waals surface area contributed by atoms with Crippen LogP contribution in [0.3, 0.4) is 0 Å². The second-order valence-electron chi connectivity index (χ2n) is 6.49. The highest BCUT2D eigenvalue weighted by Gasteiger charge is 2.28. The topological polar surface area (TPSA) is 63.3 Å². The van der Waals surface area contributed by atoms with Crippen molar-refractivity contribution >= 4 is 29.1 Å². The van der Waals surface area contributed by atoms with Crippen molar-refractivity contribution in [3.8, 4) is 5.75 Å². The summed E-state index contributed by atoms with van der Waals surface area (Å²) in [5.74, 6) is 0.835. The van der Waals surface area contributed by atoms with Gasteiger partial charge in [-0.15, -0.1) is 0 Å². The Hall–Kier alpha value is -2.06. The number of likely N-dealkylation sites (tertiary alicyclic amines) is 1. The molecule has 1 aromatic carbocycles.